The van der Waals surface area contributed by atoms with Crippen LogP contribution in [0, 0.1) is 29.6 Å². The molecule has 4 aliphatic rings. The third-order valence-electron chi connectivity index (χ3n) is 12.9. The summed E-state index contributed by atoms with van der Waals surface area (Å²) in [5.41, 5.74) is 11.2. The lowest BCUT2D eigenvalue weighted by Gasteiger charge is -2.56. The third kappa shape index (κ3) is 5.05. The number of nitrogens with two attached hydrogens (primary N) is 1. The number of rotatable bonds is 5. The number of aliphatic hydroxyl groups excluding tert-OH is 1. The van der Waals surface area contributed by atoms with Crippen LogP contribution in [0.15, 0.2) is 36.4 Å². The first-order chi connectivity index (χ1) is 21.3. The Labute approximate surface area is 268 Å². The molecule has 0 bridgehead atoms. The standard InChI is InChI=1S/C38H51N3O4/c1-23-8-9-24-11-14-30-35(2,27(24)20-23)16-6-18-37(30,4)33(44)41-34(45)38(5)19-7-17-36(3)28-21-26(40-32(43)29(39)22-42)13-10-25(28)12-15-31(36)38/h8-10,13,20-21,29-31,42H,6-7,11-12,14-19,22,39H2,1-5H3,(H,40,43)(H,41,44,45)/t29-,30+,31+,35+,36+,37-,38-/m0/s1. The Kier molecular flexibility index (Phi) is 8.05. The second-order valence-corrected chi connectivity index (χ2v) is 15.7. The Balaban J connectivity index is 1.25. The lowest BCUT2D eigenvalue weighted by Crippen LogP contribution is -2.60. The van der Waals surface area contributed by atoms with E-state index in [0.717, 1.165) is 69.8 Å². The number of fused-ring (bicyclic) bond motifs is 6. The van der Waals surface area contributed by atoms with E-state index in [2.05, 4.69) is 69.5 Å². The van der Waals surface area contributed by atoms with E-state index in [1.54, 1.807) is 0 Å². The van der Waals surface area contributed by atoms with Gasteiger partial charge in [-0.3, -0.25) is 19.7 Å². The van der Waals surface area contributed by atoms with Gasteiger partial charge in [0.15, 0.2) is 0 Å². The molecule has 2 aromatic rings. The first-order valence-electron chi connectivity index (χ1n) is 17.0. The molecule has 4 aliphatic carbocycles. The minimum Gasteiger partial charge on any atom is -0.394 e. The fourth-order valence-corrected chi connectivity index (χ4v) is 10.4. The fraction of sp³-hybridized carbons (Fsp3) is 0.605. The maximum absolute atomic E-state index is 14.4. The first-order valence-corrected chi connectivity index (χ1v) is 17.0. The lowest BCUT2D eigenvalue weighted by atomic mass is 9.49. The Morgan fingerprint density at radius 3 is 1.87 bits per heavy atom. The Bertz CT molecular complexity index is 1540. The van der Waals surface area contributed by atoms with Crippen LogP contribution < -0.4 is 16.4 Å². The van der Waals surface area contributed by atoms with Crippen molar-refractivity contribution in [2.75, 3.05) is 11.9 Å². The Hall–Kier alpha value is -3.03. The SMILES string of the molecule is Cc1ccc2c(c1)[C@@]1(C)CCC[C@](C)(C(=O)NC(=O)[C@@]3(C)CCC[C@]4(C)c5cc(NC(=O)[C@@H](N)CO)ccc5CC[C@@H]34)[C@@H]1CC2. The molecule has 5 N–H and O–H groups in total. The van der Waals surface area contributed by atoms with Gasteiger partial charge >= 0.3 is 0 Å². The van der Waals surface area contributed by atoms with E-state index in [9.17, 15) is 19.5 Å². The first kappa shape index (κ1) is 31.9. The molecule has 7 atom stereocenters. The van der Waals surface area contributed by atoms with E-state index in [4.69, 9.17) is 5.73 Å². The summed E-state index contributed by atoms with van der Waals surface area (Å²) in [5.74, 6) is -0.427. The lowest BCUT2D eigenvalue weighted by molar-refractivity contribution is -0.150. The molecule has 0 aromatic heterocycles. The van der Waals surface area contributed by atoms with Crippen LogP contribution in [-0.4, -0.2) is 35.5 Å². The molecule has 0 aliphatic heterocycles. The maximum Gasteiger partial charge on any atom is 0.243 e. The minimum absolute atomic E-state index is 0.0543. The van der Waals surface area contributed by atoms with Crippen molar-refractivity contribution in [2.45, 2.75) is 116 Å². The number of carbonyl (C=O) groups excluding carboxylic acids is 3. The molecule has 242 valence electrons. The zero-order valence-corrected chi connectivity index (χ0v) is 27.7. The van der Waals surface area contributed by atoms with Gasteiger partial charge in [-0.2, -0.15) is 0 Å². The van der Waals surface area contributed by atoms with Crippen LogP contribution in [0.2, 0.25) is 0 Å². The van der Waals surface area contributed by atoms with Gasteiger partial charge in [0.2, 0.25) is 17.7 Å². The van der Waals surface area contributed by atoms with Crippen LogP contribution in [0.25, 0.3) is 0 Å². The molecule has 2 saturated carbocycles. The summed E-state index contributed by atoms with van der Waals surface area (Å²) in [5, 5.41) is 15.2. The molecule has 7 nitrogen and oxygen atoms in total. The van der Waals surface area contributed by atoms with Crippen molar-refractivity contribution >= 4 is 23.4 Å². The summed E-state index contributed by atoms with van der Waals surface area (Å²) in [7, 11) is 0. The molecule has 0 unspecified atom stereocenters. The normalized spacial score (nSPS) is 34.3. The molecule has 0 heterocycles. The van der Waals surface area contributed by atoms with Gasteiger partial charge in [-0.25, -0.2) is 0 Å². The number of imide groups is 1. The van der Waals surface area contributed by atoms with Gasteiger partial charge in [-0.1, -0.05) is 70.4 Å². The van der Waals surface area contributed by atoms with Crippen molar-refractivity contribution < 1.29 is 19.5 Å². The van der Waals surface area contributed by atoms with Crippen molar-refractivity contribution in [1.29, 1.82) is 0 Å². The smallest absolute Gasteiger partial charge is 0.243 e. The zero-order valence-electron chi connectivity index (χ0n) is 27.7. The van der Waals surface area contributed by atoms with E-state index in [1.807, 2.05) is 12.1 Å². The van der Waals surface area contributed by atoms with Crippen LogP contribution in [0.1, 0.15) is 107 Å². The molecule has 2 aromatic carbocycles. The highest BCUT2D eigenvalue weighted by atomic mass is 16.3. The minimum atomic E-state index is -0.986. The second kappa shape index (κ2) is 11.3. The highest BCUT2D eigenvalue weighted by Gasteiger charge is 2.58. The Morgan fingerprint density at radius 1 is 0.822 bits per heavy atom. The highest BCUT2D eigenvalue weighted by Crippen LogP contribution is 2.59. The van der Waals surface area contributed by atoms with Crippen LogP contribution in [-0.2, 0) is 38.1 Å². The van der Waals surface area contributed by atoms with Gasteiger partial charge in [0.25, 0.3) is 0 Å². The molecule has 6 rings (SSSR count). The quantitative estimate of drug-likeness (QED) is 0.327. The van der Waals surface area contributed by atoms with Gasteiger partial charge in [-0.05, 0) is 115 Å². The molecular weight excluding hydrogens is 562 g/mol. The molecule has 0 saturated heterocycles. The molecule has 0 radical (unpaired) electrons. The third-order valence-corrected chi connectivity index (χ3v) is 12.9. The Morgan fingerprint density at radius 2 is 1.33 bits per heavy atom. The summed E-state index contributed by atoms with van der Waals surface area (Å²) >= 11 is 0. The van der Waals surface area contributed by atoms with Crippen LogP contribution in [0.5, 0.6) is 0 Å². The van der Waals surface area contributed by atoms with E-state index in [1.165, 1.54) is 22.3 Å². The van der Waals surface area contributed by atoms with Crippen LogP contribution in [0.3, 0.4) is 0 Å². The maximum atomic E-state index is 14.4. The number of aryl methyl sites for hydroxylation is 3. The number of anilines is 1. The number of carbonyl (C=O) groups is 3. The monoisotopic (exact) mass is 613 g/mol. The van der Waals surface area contributed by atoms with Gasteiger partial charge in [0, 0.05) is 5.69 Å². The predicted octanol–water partition coefficient (Wildman–Crippen LogP) is 5.62. The topological polar surface area (TPSA) is 122 Å². The second-order valence-electron chi connectivity index (χ2n) is 15.7. The van der Waals surface area contributed by atoms with Crippen molar-refractivity contribution in [3.05, 3.63) is 64.2 Å². The number of hydrogen-bond donors (Lipinski definition) is 4. The molecule has 0 spiro atoms. The van der Waals surface area contributed by atoms with Gasteiger partial charge < -0.3 is 16.2 Å². The molecule has 7 heteroatoms. The molecule has 2 fully saturated rings. The fourth-order valence-electron chi connectivity index (χ4n) is 10.4. The van der Waals surface area contributed by atoms with Crippen molar-refractivity contribution in [3.8, 4) is 0 Å². The van der Waals surface area contributed by atoms with Gasteiger partial charge in [0.1, 0.15) is 6.04 Å². The average molecular weight is 614 g/mol. The zero-order chi connectivity index (χ0) is 32.4. The predicted molar refractivity (Wildman–Crippen MR) is 177 cm³/mol. The van der Waals surface area contributed by atoms with Crippen LogP contribution in [0.4, 0.5) is 5.69 Å². The summed E-state index contributed by atoms with van der Waals surface area (Å²) in [6.07, 6.45) is 9.04. The van der Waals surface area contributed by atoms with Crippen LogP contribution >= 0.6 is 0 Å². The number of hydrogen-bond acceptors (Lipinski definition) is 5. The molecule has 45 heavy (non-hydrogen) atoms. The van der Waals surface area contributed by atoms with Crippen molar-refractivity contribution in [3.63, 3.8) is 0 Å². The number of nitrogens with one attached hydrogen (secondary N) is 2. The summed E-state index contributed by atoms with van der Waals surface area (Å²) in [4.78, 5) is 41.2. The summed E-state index contributed by atoms with van der Waals surface area (Å²) in [6.45, 7) is 10.5. The van der Waals surface area contributed by atoms with E-state index >= 15 is 0 Å². The van der Waals surface area contributed by atoms with Crippen molar-refractivity contribution in [2.24, 2.45) is 28.4 Å². The number of benzene rings is 2. The number of amides is 3. The summed E-state index contributed by atoms with van der Waals surface area (Å²) in [6, 6.07) is 11.8. The van der Waals surface area contributed by atoms with E-state index < -0.39 is 29.4 Å². The highest BCUT2D eigenvalue weighted by molar-refractivity contribution is 6.01. The summed E-state index contributed by atoms with van der Waals surface area (Å²) < 4.78 is 0. The average Bonchev–Trinajstić information content (AvgIpc) is 3.00. The van der Waals surface area contributed by atoms with Gasteiger partial charge in [-0.15, -0.1) is 0 Å². The molecule has 3 amide bonds. The van der Waals surface area contributed by atoms with E-state index in [-0.39, 0.29) is 34.5 Å². The number of aliphatic hydroxyl groups is 1. The molecular formula is C38H51N3O4. The van der Waals surface area contributed by atoms with E-state index in [0.29, 0.717) is 5.69 Å². The van der Waals surface area contributed by atoms with Crippen molar-refractivity contribution in [1.82, 2.24) is 5.32 Å². The van der Waals surface area contributed by atoms with Gasteiger partial charge in [0.05, 0.1) is 17.4 Å². The largest absolute Gasteiger partial charge is 0.394 e.